The average Bonchev–Trinajstić information content (AvgIpc) is 2.69. The largest absolute Gasteiger partial charge is 0.383 e. The van der Waals surface area contributed by atoms with E-state index in [2.05, 4.69) is 34.4 Å². The number of anilines is 2. The molecule has 2 heterocycles. The van der Waals surface area contributed by atoms with Crippen LogP contribution in [0.3, 0.4) is 0 Å². The molecule has 1 aromatic heterocycles. The topological polar surface area (TPSA) is 66.5 Å². The van der Waals surface area contributed by atoms with Gasteiger partial charge in [0.05, 0.1) is 25.1 Å². The molecule has 0 aliphatic carbocycles. The van der Waals surface area contributed by atoms with Crippen LogP contribution in [0.1, 0.15) is 35.8 Å². The summed E-state index contributed by atoms with van der Waals surface area (Å²) in [5.41, 5.74) is 3.29. The number of morpholine rings is 1. The lowest BCUT2D eigenvalue weighted by Gasteiger charge is -2.26. The van der Waals surface area contributed by atoms with Crippen LogP contribution < -0.4 is 10.6 Å². The fourth-order valence-corrected chi connectivity index (χ4v) is 3.12. The maximum atomic E-state index is 12.5. The van der Waals surface area contributed by atoms with E-state index in [0.717, 1.165) is 56.3 Å². The first-order valence-corrected chi connectivity index (χ1v) is 9.54. The van der Waals surface area contributed by atoms with Crippen LogP contribution in [0, 0.1) is 0 Å². The molecule has 1 amide bonds. The number of hydrogen-bond acceptors (Lipinski definition) is 5. The second-order valence-electron chi connectivity index (χ2n) is 7.01. The fourth-order valence-electron chi connectivity index (χ4n) is 3.12. The van der Waals surface area contributed by atoms with Gasteiger partial charge in [0, 0.05) is 31.9 Å². The molecule has 1 fully saturated rings. The number of ether oxygens (including phenoxy) is 1. The first-order valence-electron chi connectivity index (χ1n) is 9.54. The van der Waals surface area contributed by atoms with Gasteiger partial charge in [-0.3, -0.25) is 9.69 Å². The zero-order valence-electron chi connectivity index (χ0n) is 16.1. The van der Waals surface area contributed by atoms with Gasteiger partial charge in [-0.15, -0.1) is 0 Å². The maximum Gasteiger partial charge on any atom is 0.274 e. The molecule has 1 saturated heterocycles. The Bertz CT molecular complexity index is 740. The van der Waals surface area contributed by atoms with E-state index >= 15 is 0 Å². The second kappa shape index (κ2) is 9.48. The standard InChI is InChI=1S/C21H28N4O2/c1-16(2)18-5-3-4-6-19(18)24-21(26)20-8-7-17(15-23-20)22-9-10-25-11-13-27-14-12-25/h3-8,15-16,22H,9-14H2,1-2H3,(H,24,26). The summed E-state index contributed by atoms with van der Waals surface area (Å²) >= 11 is 0. The summed E-state index contributed by atoms with van der Waals surface area (Å²) in [6.45, 7) is 9.62. The minimum absolute atomic E-state index is 0.192. The number of nitrogens with one attached hydrogen (secondary N) is 2. The van der Waals surface area contributed by atoms with Crippen molar-refractivity contribution in [3.8, 4) is 0 Å². The molecule has 0 unspecified atom stereocenters. The molecular formula is C21H28N4O2. The Hall–Kier alpha value is -2.44. The highest BCUT2D eigenvalue weighted by molar-refractivity contribution is 6.03. The zero-order chi connectivity index (χ0) is 19.1. The maximum absolute atomic E-state index is 12.5. The lowest BCUT2D eigenvalue weighted by Crippen LogP contribution is -2.39. The highest BCUT2D eigenvalue weighted by Gasteiger charge is 2.12. The van der Waals surface area contributed by atoms with E-state index in [0.29, 0.717) is 11.6 Å². The molecule has 2 aromatic rings. The summed E-state index contributed by atoms with van der Waals surface area (Å²) in [5, 5.41) is 6.33. The fraction of sp³-hybridized carbons (Fsp3) is 0.429. The zero-order valence-corrected chi connectivity index (χ0v) is 16.1. The molecule has 1 aliphatic heterocycles. The van der Waals surface area contributed by atoms with Crippen LogP contribution in [0.4, 0.5) is 11.4 Å². The van der Waals surface area contributed by atoms with Gasteiger partial charge in [-0.25, -0.2) is 4.98 Å². The SMILES string of the molecule is CC(C)c1ccccc1NC(=O)c1ccc(NCCN2CCOCC2)cn1. The lowest BCUT2D eigenvalue weighted by molar-refractivity contribution is 0.0398. The molecule has 1 aliphatic rings. The molecular weight excluding hydrogens is 340 g/mol. The highest BCUT2D eigenvalue weighted by atomic mass is 16.5. The van der Waals surface area contributed by atoms with Crippen LogP contribution in [-0.4, -0.2) is 55.2 Å². The van der Waals surface area contributed by atoms with E-state index in [9.17, 15) is 4.79 Å². The molecule has 0 atom stereocenters. The van der Waals surface area contributed by atoms with Gasteiger partial charge < -0.3 is 15.4 Å². The Morgan fingerprint density at radius 2 is 1.96 bits per heavy atom. The third-order valence-electron chi connectivity index (χ3n) is 4.69. The summed E-state index contributed by atoms with van der Waals surface area (Å²) in [4.78, 5) is 19.2. The van der Waals surface area contributed by atoms with Crippen molar-refractivity contribution in [3.05, 3.63) is 53.9 Å². The molecule has 2 N–H and O–H groups in total. The molecule has 27 heavy (non-hydrogen) atoms. The Morgan fingerprint density at radius 3 is 2.67 bits per heavy atom. The number of rotatable bonds is 7. The van der Waals surface area contributed by atoms with E-state index in [1.807, 2.05) is 30.3 Å². The van der Waals surface area contributed by atoms with Crippen LogP contribution in [0.5, 0.6) is 0 Å². The van der Waals surface area contributed by atoms with Crippen molar-refractivity contribution < 1.29 is 9.53 Å². The van der Waals surface area contributed by atoms with Gasteiger partial charge in [-0.2, -0.15) is 0 Å². The van der Waals surface area contributed by atoms with Crippen LogP contribution in [0.25, 0.3) is 0 Å². The van der Waals surface area contributed by atoms with Gasteiger partial charge in [0.15, 0.2) is 0 Å². The summed E-state index contributed by atoms with van der Waals surface area (Å²) < 4.78 is 5.35. The predicted octanol–water partition coefficient (Wildman–Crippen LogP) is 3.20. The van der Waals surface area contributed by atoms with Gasteiger partial charge in [0.1, 0.15) is 5.69 Å². The van der Waals surface area contributed by atoms with Crippen molar-refractivity contribution in [3.63, 3.8) is 0 Å². The average molecular weight is 368 g/mol. The Labute approximate surface area is 160 Å². The third-order valence-corrected chi connectivity index (χ3v) is 4.69. The van der Waals surface area contributed by atoms with E-state index in [1.54, 1.807) is 12.3 Å². The van der Waals surface area contributed by atoms with Crippen molar-refractivity contribution in [1.82, 2.24) is 9.88 Å². The molecule has 3 rings (SSSR count). The number of benzene rings is 1. The summed E-state index contributed by atoms with van der Waals surface area (Å²) in [5.74, 6) is 0.149. The van der Waals surface area contributed by atoms with E-state index in [-0.39, 0.29) is 5.91 Å². The number of para-hydroxylation sites is 1. The minimum atomic E-state index is -0.192. The lowest BCUT2D eigenvalue weighted by atomic mass is 10.0. The molecule has 144 valence electrons. The Morgan fingerprint density at radius 1 is 1.19 bits per heavy atom. The molecule has 0 spiro atoms. The normalized spacial score (nSPS) is 14.9. The van der Waals surface area contributed by atoms with E-state index in [4.69, 9.17) is 4.74 Å². The minimum Gasteiger partial charge on any atom is -0.383 e. The number of amides is 1. The van der Waals surface area contributed by atoms with Gasteiger partial charge in [0.25, 0.3) is 5.91 Å². The summed E-state index contributed by atoms with van der Waals surface area (Å²) in [7, 11) is 0. The van der Waals surface area contributed by atoms with Crippen molar-refractivity contribution in [2.45, 2.75) is 19.8 Å². The van der Waals surface area contributed by atoms with Crippen molar-refractivity contribution in [2.75, 3.05) is 50.0 Å². The molecule has 0 bridgehead atoms. The number of pyridine rings is 1. The Balaban J connectivity index is 1.53. The van der Waals surface area contributed by atoms with Crippen LogP contribution in [0.2, 0.25) is 0 Å². The monoisotopic (exact) mass is 368 g/mol. The summed E-state index contributed by atoms with van der Waals surface area (Å²) in [6, 6.07) is 11.5. The van der Waals surface area contributed by atoms with E-state index < -0.39 is 0 Å². The molecule has 0 saturated carbocycles. The van der Waals surface area contributed by atoms with Crippen LogP contribution >= 0.6 is 0 Å². The number of carbonyl (C=O) groups excluding carboxylic acids is 1. The molecule has 1 aromatic carbocycles. The number of nitrogens with zero attached hydrogens (tertiary/aromatic N) is 2. The second-order valence-corrected chi connectivity index (χ2v) is 7.01. The highest BCUT2D eigenvalue weighted by Crippen LogP contribution is 2.24. The van der Waals surface area contributed by atoms with Gasteiger partial charge in [-0.05, 0) is 29.7 Å². The van der Waals surface area contributed by atoms with Crippen molar-refractivity contribution >= 4 is 17.3 Å². The van der Waals surface area contributed by atoms with E-state index in [1.165, 1.54) is 0 Å². The van der Waals surface area contributed by atoms with Crippen molar-refractivity contribution in [1.29, 1.82) is 0 Å². The summed E-state index contributed by atoms with van der Waals surface area (Å²) in [6.07, 6.45) is 1.71. The number of hydrogen-bond donors (Lipinski definition) is 2. The molecule has 6 nitrogen and oxygen atoms in total. The predicted molar refractivity (Wildman–Crippen MR) is 108 cm³/mol. The van der Waals surface area contributed by atoms with Gasteiger partial charge in [-0.1, -0.05) is 32.0 Å². The number of aromatic nitrogens is 1. The smallest absolute Gasteiger partial charge is 0.274 e. The van der Waals surface area contributed by atoms with Crippen molar-refractivity contribution in [2.24, 2.45) is 0 Å². The first-order chi connectivity index (χ1) is 13.1. The molecule has 0 radical (unpaired) electrons. The third kappa shape index (κ3) is 5.52. The van der Waals surface area contributed by atoms with Gasteiger partial charge >= 0.3 is 0 Å². The Kier molecular flexibility index (Phi) is 6.79. The quantitative estimate of drug-likeness (QED) is 0.786. The molecule has 6 heteroatoms. The number of carbonyl (C=O) groups is 1. The first kappa shape index (κ1) is 19.3. The van der Waals surface area contributed by atoms with Crippen LogP contribution in [0.15, 0.2) is 42.6 Å². The van der Waals surface area contributed by atoms with Gasteiger partial charge in [0.2, 0.25) is 0 Å². The van der Waals surface area contributed by atoms with Crippen LogP contribution in [-0.2, 0) is 4.74 Å².